The Morgan fingerprint density at radius 3 is 2.88 bits per heavy atom. The quantitative estimate of drug-likeness (QED) is 0.776. The first-order chi connectivity index (χ1) is 11.6. The highest BCUT2D eigenvalue weighted by Gasteiger charge is 2.34. The van der Waals surface area contributed by atoms with Crippen LogP contribution in [0.1, 0.15) is 31.5 Å². The maximum Gasteiger partial charge on any atom is 0.225 e. The fourth-order valence-electron chi connectivity index (χ4n) is 3.63. The highest BCUT2D eigenvalue weighted by atomic mass is 19.1. The second kappa shape index (κ2) is 7.83. The van der Waals surface area contributed by atoms with Gasteiger partial charge in [-0.3, -0.25) is 9.69 Å². The molecule has 0 bridgehead atoms. The first-order valence-electron chi connectivity index (χ1n) is 8.67. The minimum Gasteiger partial charge on any atom is -0.344 e. The fraction of sp³-hybridized carbons (Fsp3) is 0.611. The molecule has 2 heterocycles. The molecule has 0 aromatic carbocycles. The van der Waals surface area contributed by atoms with Gasteiger partial charge in [-0.2, -0.15) is 0 Å². The Balaban J connectivity index is 1.59. The molecule has 0 spiro atoms. The third-order valence-electron chi connectivity index (χ3n) is 4.92. The van der Waals surface area contributed by atoms with Crippen LogP contribution >= 0.6 is 0 Å². The summed E-state index contributed by atoms with van der Waals surface area (Å²) in [5.41, 5.74) is 0. The summed E-state index contributed by atoms with van der Waals surface area (Å²) in [6.45, 7) is 1.48. The SMILES string of the molecule is CN(C[C@@H]1C[C@H](F)CN1Cc1ncccn1)C(=O)[C@@H]1CC=CCC1. The molecule has 6 heteroatoms. The van der Waals surface area contributed by atoms with Crippen LogP contribution in [-0.4, -0.2) is 58.0 Å². The summed E-state index contributed by atoms with van der Waals surface area (Å²) in [6, 6.07) is 1.80. The van der Waals surface area contributed by atoms with Gasteiger partial charge in [0.25, 0.3) is 0 Å². The normalized spacial score (nSPS) is 27.3. The molecule has 5 nitrogen and oxygen atoms in total. The first-order valence-corrected chi connectivity index (χ1v) is 8.67. The smallest absolute Gasteiger partial charge is 0.225 e. The van der Waals surface area contributed by atoms with Crippen molar-refractivity contribution in [3.8, 4) is 0 Å². The Hall–Kier alpha value is -1.82. The summed E-state index contributed by atoms with van der Waals surface area (Å²) in [5.74, 6) is 0.953. The second-order valence-corrected chi connectivity index (χ2v) is 6.78. The van der Waals surface area contributed by atoms with E-state index < -0.39 is 6.17 Å². The highest BCUT2D eigenvalue weighted by molar-refractivity contribution is 5.79. The van der Waals surface area contributed by atoms with Crippen molar-refractivity contribution in [2.45, 2.75) is 44.4 Å². The number of likely N-dealkylation sites (tertiary alicyclic amines) is 1. The number of amides is 1. The molecule has 24 heavy (non-hydrogen) atoms. The average Bonchev–Trinajstić information content (AvgIpc) is 2.95. The number of carbonyl (C=O) groups excluding carboxylic acids is 1. The topological polar surface area (TPSA) is 49.3 Å². The number of allylic oxidation sites excluding steroid dienone is 2. The van der Waals surface area contributed by atoms with Crippen molar-refractivity contribution in [2.75, 3.05) is 20.1 Å². The van der Waals surface area contributed by atoms with E-state index in [9.17, 15) is 9.18 Å². The summed E-state index contributed by atoms with van der Waals surface area (Å²) < 4.78 is 13.9. The maximum absolute atomic E-state index is 13.9. The lowest BCUT2D eigenvalue weighted by atomic mass is 9.93. The van der Waals surface area contributed by atoms with Crippen LogP contribution in [0.2, 0.25) is 0 Å². The maximum atomic E-state index is 13.9. The third-order valence-corrected chi connectivity index (χ3v) is 4.92. The van der Waals surface area contributed by atoms with E-state index in [1.54, 1.807) is 23.4 Å². The lowest BCUT2D eigenvalue weighted by Gasteiger charge is -2.30. The zero-order valence-corrected chi connectivity index (χ0v) is 14.1. The van der Waals surface area contributed by atoms with Crippen LogP contribution in [0.3, 0.4) is 0 Å². The monoisotopic (exact) mass is 332 g/mol. The predicted molar refractivity (Wildman–Crippen MR) is 89.9 cm³/mol. The van der Waals surface area contributed by atoms with E-state index in [1.165, 1.54) is 0 Å². The zero-order chi connectivity index (χ0) is 16.9. The number of aromatic nitrogens is 2. The van der Waals surface area contributed by atoms with Crippen molar-refractivity contribution in [1.82, 2.24) is 19.8 Å². The molecule has 130 valence electrons. The predicted octanol–water partition coefficient (Wildman–Crippen LogP) is 2.20. The molecule has 0 saturated carbocycles. The van der Waals surface area contributed by atoms with Gasteiger partial charge >= 0.3 is 0 Å². The van der Waals surface area contributed by atoms with Gasteiger partial charge in [-0.05, 0) is 31.7 Å². The minimum absolute atomic E-state index is 0.0249. The molecule has 1 fully saturated rings. The third kappa shape index (κ3) is 4.17. The van der Waals surface area contributed by atoms with Crippen molar-refractivity contribution < 1.29 is 9.18 Å². The molecular weight excluding hydrogens is 307 g/mol. The van der Waals surface area contributed by atoms with Crippen molar-refractivity contribution in [3.05, 3.63) is 36.4 Å². The Morgan fingerprint density at radius 2 is 2.17 bits per heavy atom. The molecule has 0 N–H and O–H groups in total. The average molecular weight is 332 g/mol. The molecule has 1 aromatic heterocycles. The molecule has 3 rings (SSSR count). The van der Waals surface area contributed by atoms with Gasteiger partial charge in [-0.25, -0.2) is 14.4 Å². The molecule has 1 aliphatic carbocycles. The summed E-state index contributed by atoms with van der Waals surface area (Å²) in [4.78, 5) is 24.9. The molecular formula is C18H25FN4O. The van der Waals surface area contributed by atoms with Crippen LogP contribution < -0.4 is 0 Å². The zero-order valence-electron chi connectivity index (χ0n) is 14.1. The van der Waals surface area contributed by atoms with Gasteiger partial charge in [-0.15, -0.1) is 0 Å². The standard InChI is InChI=1S/C18H25FN4O/c1-22(18(24)14-6-3-2-4-7-14)12-16-10-15(19)11-23(16)13-17-20-8-5-9-21-17/h2-3,5,8-9,14-16H,4,6-7,10-13H2,1H3/t14-,15+,16+/m1/s1. The van der Waals surface area contributed by atoms with Crippen LogP contribution in [0.4, 0.5) is 4.39 Å². The first kappa shape index (κ1) is 17.0. The molecule has 1 amide bonds. The number of rotatable bonds is 5. The van der Waals surface area contributed by atoms with E-state index in [0.717, 1.165) is 19.3 Å². The lowest BCUT2D eigenvalue weighted by Crippen LogP contribution is -2.43. The van der Waals surface area contributed by atoms with E-state index in [4.69, 9.17) is 0 Å². The Bertz CT molecular complexity index is 580. The minimum atomic E-state index is -0.847. The number of nitrogens with zero attached hydrogens (tertiary/aromatic N) is 4. The van der Waals surface area contributed by atoms with Crippen LogP contribution in [0.15, 0.2) is 30.6 Å². The van der Waals surface area contributed by atoms with Gasteiger partial charge in [0.1, 0.15) is 12.0 Å². The summed E-state index contributed by atoms with van der Waals surface area (Å²) in [6.07, 6.45) is 9.95. The summed E-state index contributed by atoms with van der Waals surface area (Å²) >= 11 is 0. The molecule has 1 aliphatic heterocycles. The molecule has 1 saturated heterocycles. The van der Waals surface area contributed by atoms with Crippen molar-refractivity contribution >= 4 is 5.91 Å². The molecule has 2 aliphatic rings. The van der Waals surface area contributed by atoms with E-state index in [-0.39, 0.29) is 17.9 Å². The molecule has 3 atom stereocenters. The van der Waals surface area contributed by atoms with E-state index in [0.29, 0.717) is 31.9 Å². The fourth-order valence-corrected chi connectivity index (χ4v) is 3.63. The van der Waals surface area contributed by atoms with Gasteiger partial charge < -0.3 is 4.90 Å². The van der Waals surface area contributed by atoms with Crippen LogP contribution in [-0.2, 0) is 11.3 Å². The number of carbonyl (C=O) groups is 1. The number of hydrogen-bond acceptors (Lipinski definition) is 4. The van der Waals surface area contributed by atoms with Gasteiger partial charge in [-0.1, -0.05) is 12.2 Å². The largest absolute Gasteiger partial charge is 0.344 e. The van der Waals surface area contributed by atoms with Gasteiger partial charge in [0.15, 0.2) is 0 Å². The second-order valence-electron chi connectivity index (χ2n) is 6.78. The van der Waals surface area contributed by atoms with Crippen molar-refractivity contribution in [3.63, 3.8) is 0 Å². The van der Waals surface area contributed by atoms with Gasteiger partial charge in [0.05, 0.1) is 6.54 Å². The van der Waals surface area contributed by atoms with E-state index >= 15 is 0 Å². The highest BCUT2D eigenvalue weighted by Crippen LogP contribution is 2.24. The van der Waals surface area contributed by atoms with Gasteiger partial charge in [0, 0.05) is 44.5 Å². The summed E-state index contributed by atoms with van der Waals surface area (Å²) in [5, 5.41) is 0. The lowest BCUT2D eigenvalue weighted by molar-refractivity contribution is -0.135. The van der Waals surface area contributed by atoms with Crippen LogP contribution in [0.5, 0.6) is 0 Å². The Kier molecular flexibility index (Phi) is 5.56. The number of likely N-dealkylation sites (N-methyl/N-ethyl adjacent to an activating group) is 1. The van der Waals surface area contributed by atoms with Crippen molar-refractivity contribution in [2.24, 2.45) is 5.92 Å². The molecule has 0 radical (unpaired) electrons. The number of alkyl halides is 1. The van der Waals surface area contributed by atoms with Crippen LogP contribution in [0.25, 0.3) is 0 Å². The van der Waals surface area contributed by atoms with Crippen molar-refractivity contribution in [1.29, 1.82) is 0 Å². The molecule has 1 aromatic rings. The van der Waals surface area contributed by atoms with E-state index in [2.05, 4.69) is 27.0 Å². The Labute approximate surface area is 142 Å². The Morgan fingerprint density at radius 1 is 1.38 bits per heavy atom. The number of halogens is 1. The number of hydrogen-bond donors (Lipinski definition) is 0. The van der Waals surface area contributed by atoms with Gasteiger partial charge in [0.2, 0.25) is 5.91 Å². The van der Waals surface area contributed by atoms with Crippen LogP contribution in [0, 0.1) is 5.92 Å². The molecule has 0 unspecified atom stereocenters. The van der Waals surface area contributed by atoms with E-state index in [1.807, 2.05) is 7.05 Å². The summed E-state index contributed by atoms with van der Waals surface area (Å²) in [7, 11) is 1.84.